The molecule has 0 saturated carbocycles. The third kappa shape index (κ3) is 3.46. The van der Waals surface area contributed by atoms with Gasteiger partial charge in [-0.2, -0.15) is 5.10 Å². The van der Waals surface area contributed by atoms with Crippen LogP contribution in [0.2, 0.25) is 0 Å². The van der Waals surface area contributed by atoms with Crippen molar-refractivity contribution in [1.82, 2.24) is 14.7 Å². The number of nitrogens with one attached hydrogen (secondary N) is 1. The topological polar surface area (TPSA) is 33.1 Å². The van der Waals surface area contributed by atoms with Gasteiger partial charge in [-0.1, -0.05) is 42.8 Å². The maximum atomic E-state index is 5.20. The number of anilines is 1. The molecular formula is C25H30N4. The van der Waals surface area contributed by atoms with Crippen LogP contribution in [0.5, 0.6) is 0 Å². The maximum Gasteiger partial charge on any atom is 0.133 e. The van der Waals surface area contributed by atoms with Crippen LogP contribution in [0.15, 0.2) is 48.5 Å². The summed E-state index contributed by atoms with van der Waals surface area (Å²) in [4.78, 5) is 2.64. The molecule has 2 aliphatic rings. The Balaban J connectivity index is 1.52. The summed E-state index contributed by atoms with van der Waals surface area (Å²) in [6, 6.07) is 17.9. The second kappa shape index (κ2) is 7.68. The summed E-state index contributed by atoms with van der Waals surface area (Å²) in [5.41, 5.74) is 7.91. The predicted octanol–water partition coefficient (Wildman–Crippen LogP) is 5.18. The summed E-state index contributed by atoms with van der Waals surface area (Å²) in [6.45, 7) is 7.51. The number of nitrogens with zero attached hydrogens (tertiary/aromatic N) is 3. The molecule has 150 valence electrons. The number of aryl methyl sites for hydroxylation is 2. The Bertz CT molecular complexity index is 1010. The molecule has 4 nitrogen and oxygen atoms in total. The number of hydrogen-bond donors (Lipinski definition) is 1. The van der Waals surface area contributed by atoms with Crippen LogP contribution in [-0.4, -0.2) is 27.8 Å². The molecule has 1 fully saturated rings. The van der Waals surface area contributed by atoms with Gasteiger partial charge in [-0.05, 0) is 68.5 Å². The predicted molar refractivity (Wildman–Crippen MR) is 119 cm³/mol. The highest BCUT2D eigenvalue weighted by Crippen LogP contribution is 2.38. The van der Waals surface area contributed by atoms with Crippen LogP contribution < -0.4 is 5.32 Å². The number of benzene rings is 2. The van der Waals surface area contributed by atoms with Gasteiger partial charge in [-0.25, -0.2) is 4.68 Å². The van der Waals surface area contributed by atoms with Crippen molar-refractivity contribution in [3.8, 4) is 5.69 Å². The largest absolute Gasteiger partial charge is 0.369 e. The van der Waals surface area contributed by atoms with Crippen molar-refractivity contribution in [3.05, 3.63) is 76.5 Å². The van der Waals surface area contributed by atoms with Crippen LogP contribution >= 0.6 is 0 Å². The fourth-order valence-corrected chi connectivity index (χ4v) is 4.82. The number of rotatable bonds is 4. The lowest BCUT2D eigenvalue weighted by Gasteiger charge is -2.35. The van der Waals surface area contributed by atoms with Crippen LogP contribution in [0.4, 0.5) is 5.82 Å². The van der Waals surface area contributed by atoms with Crippen molar-refractivity contribution >= 4 is 5.82 Å². The van der Waals surface area contributed by atoms with Gasteiger partial charge < -0.3 is 5.32 Å². The van der Waals surface area contributed by atoms with E-state index < -0.39 is 0 Å². The lowest BCUT2D eigenvalue weighted by molar-refractivity contribution is 0.136. The van der Waals surface area contributed by atoms with Gasteiger partial charge >= 0.3 is 0 Å². The van der Waals surface area contributed by atoms with Gasteiger partial charge in [-0.15, -0.1) is 0 Å². The number of likely N-dealkylation sites (tertiary alicyclic amines) is 1. The third-order valence-electron chi connectivity index (χ3n) is 6.57. The van der Waals surface area contributed by atoms with Crippen molar-refractivity contribution in [2.75, 3.05) is 18.4 Å². The molecule has 0 bridgehead atoms. The molecule has 0 spiro atoms. The second-order valence-corrected chi connectivity index (χ2v) is 8.54. The van der Waals surface area contributed by atoms with Crippen molar-refractivity contribution in [2.45, 2.75) is 52.1 Å². The Morgan fingerprint density at radius 3 is 2.72 bits per heavy atom. The Hall–Kier alpha value is -2.59. The molecule has 3 heterocycles. The SMILES string of the molecule is Cc1ccc(-n2nc(C3CCCCN3Cc3ccccc3)c3c2NCC3)cc1C. The van der Waals surface area contributed by atoms with Gasteiger partial charge in [-0.3, -0.25) is 4.90 Å². The highest BCUT2D eigenvalue weighted by atomic mass is 15.4. The van der Waals surface area contributed by atoms with E-state index in [0.29, 0.717) is 6.04 Å². The lowest BCUT2D eigenvalue weighted by Crippen LogP contribution is -2.33. The zero-order valence-electron chi connectivity index (χ0n) is 17.5. The van der Waals surface area contributed by atoms with Crippen molar-refractivity contribution in [1.29, 1.82) is 0 Å². The summed E-state index contributed by atoms with van der Waals surface area (Å²) in [6.07, 6.45) is 4.84. The van der Waals surface area contributed by atoms with E-state index in [1.165, 1.54) is 53.0 Å². The first-order valence-electron chi connectivity index (χ1n) is 10.9. The van der Waals surface area contributed by atoms with Gasteiger partial charge in [0.15, 0.2) is 0 Å². The molecule has 2 aromatic carbocycles. The van der Waals surface area contributed by atoms with Gasteiger partial charge in [0.05, 0.1) is 17.4 Å². The second-order valence-electron chi connectivity index (χ2n) is 8.54. The van der Waals surface area contributed by atoms with Gasteiger partial charge in [0.25, 0.3) is 0 Å². The molecule has 1 unspecified atom stereocenters. The molecule has 1 N–H and O–H groups in total. The Labute approximate surface area is 173 Å². The molecule has 0 amide bonds. The fraction of sp³-hybridized carbons (Fsp3) is 0.400. The minimum absolute atomic E-state index is 0.408. The monoisotopic (exact) mass is 386 g/mol. The highest BCUT2D eigenvalue weighted by Gasteiger charge is 2.32. The fourth-order valence-electron chi connectivity index (χ4n) is 4.82. The average Bonchev–Trinajstić information content (AvgIpc) is 3.34. The average molecular weight is 387 g/mol. The van der Waals surface area contributed by atoms with E-state index in [1.54, 1.807) is 0 Å². The Morgan fingerprint density at radius 1 is 1.03 bits per heavy atom. The highest BCUT2D eigenvalue weighted by molar-refractivity contribution is 5.58. The zero-order chi connectivity index (χ0) is 19.8. The van der Waals surface area contributed by atoms with E-state index in [1.807, 2.05) is 0 Å². The lowest BCUT2D eigenvalue weighted by atomic mass is 9.95. The van der Waals surface area contributed by atoms with E-state index in [-0.39, 0.29) is 0 Å². The first-order chi connectivity index (χ1) is 14.2. The van der Waals surface area contributed by atoms with Crippen LogP contribution in [0.25, 0.3) is 5.69 Å². The van der Waals surface area contributed by atoms with Crippen molar-refractivity contribution < 1.29 is 0 Å². The van der Waals surface area contributed by atoms with E-state index >= 15 is 0 Å². The van der Waals surface area contributed by atoms with Crippen LogP contribution in [0.3, 0.4) is 0 Å². The summed E-state index contributed by atoms with van der Waals surface area (Å²) in [5.74, 6) is 1.20. The minimum atomic E-state index is 0.408. The number of piperidine rings is 1. The first-order valence-corrected chi connectivity index (χ1v) is 10.9. The van der Waals surface area contributed by atoms with Crippen LogP contribution in [-0.2, 0) is 13.0 Å². The minimum Gasteiger partial charge on any atom is -0.369 e. The quantitative estimate of drug-likeness (QED) is 0.670. The van der Waals surface area contributed by atoms with Gasteiger partial charge in [0, 0.05) is 18.7 Å². The molecule has 29 heavy (non-hydrogen) atoms. The van der Waals surface area contributed by atoms with Crippen LogP contribution in [0.1, 0.15) is 53.3 Å². The zero-order valence-corrected chi connectivity index (χ0v) is 17.5. The van der Waals surface area contributed by atoms with Gasteiger partial charge in [0.1, 0.15) is 5.82 Å². The molecule has 2 aliphatic heterocycles. The number of aromatic nitrogens is 2. The van der Waals surface area contributed by atoms with Crippen molar-refractivity contribution in [2.24, 2.45) is 0 Å². The van der Waals surface area contributed by atoms with E-state index in [4.69, 9.17) is 5.10 Å². The Morgan fingerprint density at radius 2 is 1.90 bits per heavy atom. The maximum absolute atomic E-state index is 5.20. The third-order valence-corrected chi connectivity index (χ3v) is 6.57. The van der Waals surface area contributed by atoms with E-state index in [2.05, 4.69) is 77.3 Å². The number of hydrogen-bond acceptors (Lipinski definition) is 3. The first kappa shape index (κ1) is 18.4. The summed E-state index contributed by atoms with van der Waals surface area (Å²) < 4.78 is 2.15. The molecular weight excluding hydrogens is 356 g/mol. The molecule has 0 aliphatic carbocycles. The van der Waals surface area contributed by atoms with Crippen molar-refractivity contribution in [3.63, 3.8) is 0 Å². The Kier molecular flexibility index (Phi) is 4.88. The van der Waals surface area contributed by atoms with Crippen LogP contribution in [0, 0.1) is 13.8 Å². The molecule has 3 aromatic rings. The molecule has 5 rings (SSSR count). The summed E-state index contributed by atoms with van der Waals surface area (Å²) in [7, 11) is 0. The summed E-state index contributed by atoms with van der Waals surface area (Å²) in [5, 5.41) is 8.81. The van der Waals surface area contributed by atoms with Gasteiger partial charge in [0.2, 0.25) is 0 Å². The molecule has 0 radical (unpaired) electrons. The molecule has 1 saturated heterocycles. The normalized spacial score (nSPS) is 19.2. The standard InChI is InChI=1S/C25H30N4/c1-18-11-12-21(16-19(18)2)29-25-22(13-14-26-25)24(27-29)23-10-6-7-15-28(23)17-20-8-4-3-5-9-20/h3-5,8-9,11-12,16,23,26H,6-7,10,13-15,17H2,1-2H3. The smallest absolute Gasteiger partial charge is 0.133 e. The number of fused-ring (bicyclic) bond motifs is 1. The molecule has 1 atom stereocenters. The molecule has 1 aromatic heterocycles. The summed E-state index contributed by atoms with van der Waals surface area (Å²) >= 11 is 0. The molecule has 4 heteroatoms. The van der Waals surface area contributed by atoms with E-state index in [0.717, 1.165) is 31.7 Å². The van der Waals surface area contributed by atoms with E-state index in [9.17, 15) is 0 Å².